The van der Waals surface area contributed by atoms with Gasteiger partial charge in [-0.2, -0.15) is 0 Å². The molecule has 0 spiro atoms. The lowest BCUT2D eigenvalue weighted by molar-refractivity contribution is -0.385. The van der Waals surface area contributed by atoms with Crippen LogP contribution >= 0.6 is 0 Å². The second kappa shape index (κ2) is 5.73. The van der Waals surface area contributed by atoms with Crippen molar-refractivity contribution < 1.29 is 14.8 Å². The number of benzene rings is 2. The number of nitrogens with one attached hydrogen (secondary N) is 1. The van der Waals surface area contributed by atoms with Crippen molar-refractivity contribution in [1.29, 1.82) is 0 Å². The molecule has 0 radical (unpaired) electrons. The highest BCUT2D eigenvalue weighted by Gasteiger charge is 2.43. The first-order chi connectivity index (χ1) is 12.1. The van der Waals surface area contributed by atoms with Gasteiger partial charge in [0.25, 0.3) is 5.69 Å². The Morgan fingerprint density at radius 1 is 1.20 bits per heavy atom. The van der Waals surface area contributed by atoms with Gasteiger partial charge in [0.15, 0.2) is 0 Å². The molecule has 2 N–H and O–H groups in total. The lowest BCUT2D eigenvalue weighted by atomic mass is 9.75. The maximum Gasteiger partial charge on any atom is 0.337 e. The molecule has 0 aromatic heterocycles. The maximum atomic E-state index is 11.7. The molecule has 3 atom stereocenters. The molecule has 2 aromatic carbocycles. The quantitative estimate of drug-likeness (QED) is 0.500. The number of carboxylic acids is 1. The van der Waals surface area contributed by atoms with E-state index in [1.165, 1.54) is 12.1 Å². The van der Waals surface area contributed by atoms with Gasteiger partial charge >= 0.3 is 5.97 Å². The van der Waals surface area contributed by atoms with Crippen molar-refractivity contribution in [2.45, 2.75) is 18.4 Å². The molecule has 2 aromatic rings. The SMILES string of the molecule is O=C(O)c1ccc([N+](=O)[O-])c2c1N[C@@H](c1ccccc1)[C@@H]1CC=C[C@@H]21. The molecular weight excluding hydrogens is 320 g/mol. The van der Waals surface area contributed by atoms with Crippen molar-refractivity contribution in [3.63, 3.8) is 0 Å². The molecule has 0 saturated heterocycles. The summed E-state index contributed by atoms with van der Waals surface area (Å²) in [6.07, 6.45) is 4.79. The Morgan fingerprint density at radius 3 is 2.64 bits per heavy atom. The summed E-state index contributed by atoms with van der Waals surface area (Å²) in [5.74, 6) is -1.13. The Bertz CT molecular complexity index is 892. The summed E-state index contributed by atoms with van der Waals surface area (Å²) >= 11 is 0. The number of rotatable bonds is 3. The van der Waals surface area contributed by atoms with Gasteiger partial charge in [-0.3, -0.25) is 10.1 Å². The molecule has 6 heteroatoms. The predicted molar refractivity (Wildman–Crippen MR) is 92.8 cm³/mol. The summed E-state index contributed by atoms with van der Waals surface area (Å²) in [6, 6.07) is 12.3. The molecule has 0 bridgehead atoms. The Morgan fingerprint density at radius 2 is 1.96 bits per heavy atom. The molecule has 4 rings (SSSR count). The molecular formula is C19H16N2O4. The molecule has 1 aliphatic heterocycles. The Labute approximate surface area is 144 Å². The van der Waals surface area contributed by atoms with Crippen LogP contribution in [0.15, 0.2) is 54.6 Å². The molecule has 126 valence electrons. The molecule has 6 nitrogen and oxygen atoms in total. The first-order valence-electron chi connectivity index (χ1n) is 8.10. The van der Waals surface area contributed by atoms with Crippen LogP contribution in [0, 0.1) is 16.0 Å². The Kier molecular flexibility index (Phi) is 3.53. The van der Waals surface area contributed by atoms with Gasteiger partial charge in [-0.05, 0) is 24.0 Å². The van der Waals surface area contributed by atoms with Gasteiger partial charge in [-0.1, -0.05) is 42.5 Å². The summed E-state index contributed by atoms with van der Waals surface area (Å²) < 4.78 is 0. The van der Waals surface area contributed by atoms with Gasteiger partial charge in [0.1, 0.15) is 0 Å². The average molecular weight is 336 g/mol. The van der Waals surface area contributed by atoms with E-state index in [1.54, 1.807) is 0 Å². The third kappa shape index (κ3) is 2.38. The first kappa shape index (κ1) is 15.4. The molecule has 0 fully saturated rings. The van der Waals surface area contributed by atoms with Crippen LogP contribution in [0.2, 0.25) is 0 Å². The summed E-state index contributed by atoms with van der Waals surface area (Å²) in [5.41, 5.74) is 1.94. The van der Waals surface area contributed by atoms with Crippen LogP contribution < -0.4 is 5.32 Å². The zero-order valence-corrected chi connectivity index (χ0v) is 13.3. The number of carboxylic acid groups (broad SMARTS) is 1. The van der Waals surface area contributed by atoms with Crippen molar-refractivity contribution in [1.82, 2.24) is 0 Å². The molecule has 0 unspecified atom stereocenters. The van der Waals surface area contributed by atoms with E-state index in [1.807, 2.05) is 42.5 Å². The number of nitro groups is 1. The number of fused-ring (bicyclic) bond motifs is 3. The normalized spacial score (nSPS) is 23.4. The highest BCUT2D eigenvalue weighted by atomic mass is 16.6. The minimum atomic E-state index is -1.09. The van der Waals surface area contributed by atoms with E-state index in [2.05, 4.69) is 5.32 Å². The largest absolute Gasteiger partial charge is 0.478 e. The van der Waals surface area contributed by atoms with E-state index < -0.39 is 10.9 Å². The third-order valence-corrected chi connectivity index (χ3v) is 5.08. The van der Waals surface area contributed by atoms with Crippen LogP contribution in [0.1, 0.15) is 39.9 Å². The van der Waals surface area contributed by atoms with Crippen molar-refractivity contribution in [3.05, 3.63) is 81.4 Å². The van der Waals surface area contributed by atoms with Crippen molar-refractivity contribution in [3.8, 4) is 0 Å². The van der Waals surface area contributed by atoms with Gasteiger partial charge in [0.05, 0.1) is 27.8 Å². The maximum absolute atomic E-state index is 11.7. The van der Waals surface area contributed by atoms with E-state index >= 15 is 0 Å². The van der Waals surface area contributed by atoms with E-state index in [0.29, 0.717) is 11.3 Å². The zero-order chi connectivity index (χ0) is 17.6. The van der Waals surface area contributed by atoms with E-state index in [9.17, 15) is 20.0 Å². The number of anilines is 1. The van der Waals surface area contributed by atoms with Crippen LogP contribution in [-0.4, -0.2) is 16.0 Å². The Balaban J connectivity index is 1.93. The second-order valence-corrected chi connectivity index (χ2v) is 6.37. The molecule has 25 heavy (non-hydrogen) atoms. The average Bonchev–Trinajstić information content (AvgIpc) is 3.10. The monoisotopic (exact) mass is 336 g/mol. The van der Waals surface area contributed by atoms with Gasteiger partial charge in [0, 0.05) is 12.0 Å². The highest BCUT2D eigenvalue weighted by molar-refractivity contribution is 5.97. The number of aromatic carboxylic acids is 1. The van der Waals surface area contributed by atoms with Crippen molar-refractivity contribution in [2.75, 3.05) is 5.32 Å². The summed E-state index contributed by atoms with van der Waals surface area (Å²) in [7, 11) is 0. The van der Waals surface area contributed by atoms with E-state index in [0.717, 1.165) is 12.0 Å². The van der Waals surface area contributed by atoms with Crippen molar-refractivity contribution >= 4 is 17.3 Å². The van der Waals surface area contributed by atoms with E-state index in [-0.39, 0.29) is 29.1 Å². The minimum Gasteiger partial charge on any atom is -0.478 e. The van der Waals surface area contributed by atoms with Crippen LogP contribution in [-0.2, 0) is 0 Å². The topological polar surface area (TPSA) is 92.5 Å². The fourth-order valence-electron chi connectivity index (χ4n) is 4.02. The molecule has 1 heterocycles. The third-order valence-electron chi connectivity index (χ3n) is 5.08. The molecule has 0 saturated carbocycles. The molecule has 1 aliphatic carbocycles. The number of hydrogen-bond donors (Lipinski definition) is 2. The summed E-state index contributed by atoms with van der Waals surface area (Å²) in [5, 5.41) is 24.3. The lowest BCUT2D eigenvalue weighted by Gasteiger charge is -2.37. The van der Waals surface area contributed by atoms with Crippen LogP contribution in [0.5, 0.6) is 0 Å². The van der Waals surface area contributed by atoms with Gasteiger partial charge < -0.3 is 10.4 Å². The fourth-order valence-corrected chi connectivity index (χ4v) is 4.02. The fraction of sp³-hybridized carbons (Fsp3) is 0.211. The summed E-state index contributed by atoms with van der Waals surface area (Å²) in [4.78, 5) is 22.7. The van der Waals surface area contributed by atoms with Gasteiger partial charge in [-0.15, -0.1) is 0 Å². The van der Waals surface area contributed by atoms with Gasteiger partial charge in [0.2, 0.25) is 0 Å². The zero-order valence-electron chi connectivity index (χ0n) is 13.3. The predicted octanol–water partition coefficient (Wildman–Crippen LogP) is 4.12. The van der Waals surface area contributed by atoms with E-state index in [4.69, 9.17) is 0 Å². The first-order valence-corrected chi connectivity index (χ1v) is 8.10. The molecule has 0 amide bonds. The number of hydrogen-bond acceptors (Lipinski definition) is 4. The smallest absolute Gasteiger partial charge is 0.337 e. The van der Waals surface area contributed by atoms with Crippen LogP contribution in [0.25, 0.3) is 0 Å². The van der Waals surface area contributed by atoms with Gasteiger partial charge in [-0.25, -0.2) is 4.79 Å². The highest BCUT2D eigenvalue weighted by Crippen LogP contribution is 2.53. The number of nitrogens with zero attached hydrogens (tertiary/aromatic N) is 1. The van der Waals surface area contributed by atoms with Crippen LogP contribution in [0.4, 0.5) is 11.4 Å². The lowest BCUT2D eigenvalue weighted by Crippen LogP contribution is -2.30. The second-order valence-electron chi connectivity index (χ2n) is 6.37. The molecule has 2 aliphatic rings. The number of carbonyl (C=O) groups is 1. The Hall–Kier alpha value is -3.15. The standard InChI is InChI=1S/C19H16N2O4/c22-19(23)14-9-10-15(21(24)25)16-12-7-4-8-13(12)17(20-18(14)16)11-5-2-1-3-6-11/h1-7,9-10,12-13,17,20H,8H2,(H,22,23)/t12-,13-,17+/m1/s1. The number of nitro benzene ring substituents is 1. The minimum absolute atomic E-state index is 0.0273. The van der Waals surface area contributed by atoms with Crippen LogP contribution in [0.3, 0.4) is 0 Å². The van der Waals surface area contributed by atoms with Crippen molar-refractivity contribution in [2.24, 2.45) is 5.92 Å². The number of allylic oxidation sites excluding steroid dienone is 2. The summed E-state index contributed by atoms with van der Waals surface area (Å²) in [6.45, 7) is 0.